The maximum atomic E-state index is 12.7. The summed E-state index contributed by atoms with van der Waals surface area (Å²) in [6, 6.07) is 3.33. The van der Waals surface area contributed by atoms with Crippen LogP contribution in [0.15, 0.2) is 18.3 Å². The van der Waals surface area contributed by atoms with Crippen molar-refractivity contribution < 1.29 is 4.39 Å². The Hall–Kier alpha value is -1.40. The van der Waals surface area contributed by atoms with Gasteiger partial charge < -0.3 is 5.32 Å². The molecule has 1 heterocycles. The minimum Gasteiger partial charge on any atom is -0.309 e. The molecular weight excluding hydrogens is 203 g/mol. The van der Waals surface area contributed by atoms with Gasteiger partial charge in [-0.3, -0.25) is 4.98 Å². The van der Waals surface area contributed by atoms with Gasteiger partial charge in [-0.15, -0.1) is 11.8 Å². The molecule has 16 heavy (non-hydrogen) atoms. The molecule has 0 aliphatic heterocycles. The van der Waals surface area contributed by atoms with Gasteiger partial charge in [0.25, 0.3) is 0 Å². The second-order valence-corrected chi connectivity index (χ2v) is 3.48. The third-order valence-electron chi connectivity index (χ3n) is 2.29. The molecule has 1 rings (SSSR count). The van der Waals surface area contributed by atoms with Gasteiger partial charge in [0, 0.05) is 6.42 Å². The van der Waals surface area contributed by atoms with Gasteiger partial charge in [-0.05, 0) is 32.0 Å². The molecule has 0 amide bonds. The first kappa shape index (κ1) is 12.7. The highest BCUT2D eigenvalue weighted by atomic mass is 19.1. The summed E-state index contributed by atoms with van der Waals surface area (Å²) in [5.74, 6) is 5.60. The van der Waals surface area contributed by atoms with Crippen molar-refractivity contribution >= 4 is 0 Å². The molecule has 0 aliphatic rings. The van der Waals surface area contributed by atoms with Gasteiger partial charge in [0.15, 0.2) is 0 Å². The van der Waals surface area contributed by atoms with Gasteiger partial charge in [-0.2, -0.15) is 0 Å². The molecule has 0 aromatic carbocycles. The van der Waals surface area contributed by atoms with E-state index >= 15 is 0 Å². The van der Waals surface area contributed by atoms with E-state index in [1.807, 2.05) is 13.8 Å². The van der Waals surface area contributed by atoms with E-state index < -0.39 is 0 Å². The summed E-state index contributed by atoms with van der Waals surface area (Å²) in [5, 5.41) is 3.32. The molecule has 86 valence electrons. The number of rotatable bonds is 5. The number of pyridine rings is 1. The van der Waals surface area contributed by atoms with E-state index in [1.54, 1.807) is 6.07 Å². The topological polar surface area (TPSA) is 24.9 Å². The predicted octanol–water partition coefficient (Wildman–Crippen LogP) is 2.67. The lowest BCUT2D eigenvalue weighted by atomic mass is 10.1. The minimum atomic E-state index is -0.299. The first-order chi connectivity index (χ1) is 7.77. The highest BCUT2D eigenvalue weighted by molar-refractivity contribution is 5.10. The Morgan fingerprint density at radius 2 is 2.31 bits per heavy atom. The summed E-state index contributed by atoms with van der Waals surface area (Å²) < 4.78 is 12.7. The van der Waals surface area contributed by atoms with Crippen molar-refractivity contribution in [3.8, 4) is 11.8 Å². The molecule has 0 fully saturated rings. The standard InChI is InChI=1S/C13H17FN2/c1-3-5-6-7-12(15-4-2)13-9-8-11(14)10-16-13/h8-10,12,15H,4,6-7H2,1-2H3. The molecule has 1 atom stereocenters. The molecule has 1 unspecified atom stereocenters. The number of nitrogens with one attached hydrogen (secondary N) is 1. The van der Waals surface area contributed by atoms with E-state index in [-0.39, 0.29) is 11.9 Å². The van der Waals surface area contributed by atoms with Crippen molar-refractivity contribution in [1.82, 2.24) is 10.3 Å². The van der Waals surface area contributed by atoms with Crippen LogP contribution < -0.4 is 5.32 Å². The van der Waals surface area contributed by atoms with Gasteiger partial charge in [-0.1, -0.05) is 6.92 Å². The summed E-state index contributed by atoms with van der Waals surface area (Å²) in [5.41, 5.74) is 0.876. The van der Waals surface area contributed by atoms with Gasteiger partial charge in [0.1, 0.15) is 5.82 Å². The maximum Gasteiger partial charge on any atom is 0.141 e. The molecule has 2 nitrogen and oxygen atoms in total. The van der Waals surface area contributed by atoms with E-state index in [4.69, 9.17) is 0 Å². The lowest BCUT2D eigenvalue weighted by Gasteiger charge is -2.15. The third kappa shape index (κ3) is 4.00. The first-order valence-electron chi connectivity index (χ1n) is 5.52. The predicted molar refractivity (Wildman–Crippen MR) is 63.3 cm³/mol. The Morgan fingerprint density at radius 3 is 2.88 bits per heavy atom. The zero-order valence-electron chi connectivity index (χ0n) is 9.76. The SMILES string of the molecule is CC#CCCC(NCC)c1ccc(F)cn1. The Bertz CT molecular complexity index is 362. The molecule has 3 heteroatoms. The number of aromatic nitrogens is 1. The highest BCUT2D eigenvalue weighted by Gasteiger charge is 2.10. The Balaban J connectivity index is 2.67. The van der Waals surface area contributed by atoms with Crippen LogP contribution in [0.1, 0.15) is 38.4 Å². The summed E-state index contributed by atoms with van der Waals surface area (Å²) in [6.07, 6.45) is 2.98. The van der Waals surface area contributed by atoms with Crippen LogP contribution >= 0.6 is 0 Å². The Labute approximate surface area is 96.3 Å². The van der Waals surface area contributed by atoms with Crippen molar-refractivity contribution in [1.29, 1.82) is 0 Å². The highest BCUT2D eigenvalue weighted by Crippen LogP contribution is 2.15. The lowest BCUT2D eigenvalue weighted by molar-refractivity contribution is 0.507. The van der Waals surface area contributed by atoms with Gasteiger partial charge in [0.05, 0.1) is 17.9 Å². The molecule has 1 N–H and O–H groups in total. The fourth-order valence-corrected chi connectivity index (χ4v) is 1.54. The fraction of sp³-hybridized carbons (Fsp3) is 0.462. The van der Waals surface area contributed by atoms with Crippen molar-refractivity contribution in [2.24, 2.45) is 0 Å². The lowest BCUT2D eigenvalue weighted by Crippen LogP contribution is -2.21. The van der Waals surface area contributed by atoms with Crippen molar-refractivity contribution in [3.63, 3.8) is 0 Å². The largest absolute Gasteiger partial charge is 0.309 e. The van der Waals surface area contributed by atoms with Gasteiger partial charge >= 0.3 is 0 Å². The van der Waals surface area contributed by atoms with Crippen LogP contribution in [0.4, 0.5) is 4.39 Å². The Morgan fingerprint density at radius 1 is 1.50 bits per heavy atom. The van der Waals surface area contributed by atoms with E-state index in [0.29, 0.717) is 0 Å². The first-order valence-corrected chi connectivity index (χ1v) is 5.52. The normalized spacial score (nSPS) is 11.7. The number of hydrogen-bond acceptors (Lipinski definition) is 2. The second-order valence-electron chi connectivity index (χ2n) is 3.48. The summed E-state index contributed by atoms with van der Waals surface area (Å²) in [6.45, 7) is 4.74. The van der Waals surface area contributed by atoms with Crippen molar-refractivity contribution in [3.05, 3.63) is 29.8 Å². The fourth-order valence-electron chi connectivity index (χ4n) is 1.54. The van der Waals surface area contributed by atoms with Crippen LogP contribution in [0.3, 0.4) is 0 Å². The van der Waals surface area contributed by atoms with Crippen LogP contribution in [-0.4, -0.2) is 11.5 Å². The zero-order valence-corrected chi connectivity index (χ0v) is 9.76. The van der Waals surface area contributed by atoms with Crippen LogP contribution in [0.2, 0.25) is 0 Å². The molecule has 1 aromatic rings. The number of hydrogen-bond donors (Lipinski definition) is 1. The molecule has 0 spiro atoms. The van der Waals surface area contributed by atoms with Crippen LogP contribution in [0, 0.1) is 17.7 Å². The summed E-state index contributed by atoms with van der Waals surface area (Å²) in [7, 11) is 0. The smallest absolute Gasteiger partial charge is 0.141 e. The van der Waals surface area contributed by atoms with Crippen LogP contribution in [-0.2, 0) is 0 Å². The van der Waals surface area contributed by atoms with E-state index in [2.05, 4.69) is 22.1 Å². The molecule has 0 aliphatic carbocycles. The minimum absolute atomic E-state index is 0.159. The molecular formula is C13H17FN2. The van der Waals surface area contributed by atoms with E-state index in [1.165, 1.54) is 12.3 Å². The summed E-state index contributed by atoms with van der Waals surface area (Å²) in [4.78, 5) is 4.09. The summed E-state index contributed by atoms with van der Waals surface area (Å²) >= 11 is 0. The zero-order chi connectivity index (χ0) is 11.8. The molecule has 0 saturated carbocycles. The molecule has 0 radical (unpaired) electrons. The number of nitrogens with zero attached hydrogens (tertiary/aromatic N) is 1. The van der Waals surface area contributed by atoms with Gasteiger partial charge in [-0.25, -0.2) is 4.39 Å². The van der Waals surface area contributed by atoms with Crippen LogP contribution in [0.25, 0.3) is 0 Å². The van der Waals surface area contributed by atoms with Gasteiger partial charge in [0.2, 0.25) is 0 Å². The third-order valence-corrected chi connectivity index (χ3v) is 2.29. The van der Waals surface area contributed by atoms with E-state index in [9.17, 15) is 4.39 Å². The maximum absolute atomic E-state index is 12.7. The van der Waals surface area contributed by atoms with Crippen LogP contribution in [0.5, 0.6) is 0 Å². The second kappa shape index (κ2) is 6.97. The average molecular weight is 220 g/mol. The monoisotopic (exact) mass is 220 g/mol. The molecule has 0 saturated heterocycles. The van der Waals surface area contributed by atoms with Crippen molar-refractivity contribution in [2.75, 3.05) is 6.54 Å². The average Bonchev–Trinajstić information content (AvgIpc) is 2.29. The molecule has 1 aromatic heterocycles. The Kier molecular flexibility index (Phi) is 5.52. The number of halogens is 1. The molecule has 0 bridgehead atoms. The van der Waals surface area contributed by atoms with Crippen molar-refractivity contribution in [2.45, 2.75) is 32.7 Å². The van der Waals surface area contributed by atoms with E-state index in [0.717, 1.165) is 25.1 Å². The quantitative estimate of drug-likeness (QED) is 0.772.